The minimum Gasteiger partial charge on any atom is -0.493 e. The smallest absolute Gasteiger partial charge is 0.245 e. The first-order chi connectivity index (χ1) is 20.0. The van der Waals surface area contributed by atoms with Gasteiger partial charge in [0.25, 0.3) is 0 Å². The Morgan fingerprint density at radius 1 is 1.05 bits per heavy atom. The van der Waals surface area contributed by atoms with Crippen LogP contribution in [0.1, 0.15) is 76.8 Å². The van der Waals surface area contributed by atoms with E-state index in [9.17, 15) is 19.6 Å². The molecule has 234 valence electrons. The van der Waals surface area contributed by atoms with E-state index >= 15 is 0 Å². The van der Waals surface area contributed by atoms with Crippen molar-refractivity contribution in [3.63, 3.8) is 0 Å². The highest BCUT2D eigenvalue weighted by atomic mass is 16.5. The molecule has 10 nitrogen and oxygen atoms in total. The molecule has 2 aliphatic heterocycles. The number of ether oxygens (including phenoxy) is 2. The number of carbonyl (C=O) groups is 3. The summed E-state index contributed by atoms with van der Waals surface area (Å²) in [6.45, 7) is 8.92. The number of hydrogen-bond acceptors (Lipinski definition) is 7. The SMILES string of the molecule is COc1cc2c(cc1OC)CN(C1CCN(C(=O)[C@@H](NC(=O)[C@H](CC3CCCC3)CN(O)C=O)C(C)(C)C)CC1)CC2. The predicted octanol–water partition coefficient (Wildman–Crippen LogP) is 3.63. The van der Waals surface area contributed by atoms with Crippen LogP contribution in [-0.2, 0) is 27.3 Å². The Kier molecular flexibility index (Phi) is 10.8. The number of rotatable bonds is 11. The predicted molar refractivity (Wildman–Crippen MR) is 159 cm³/mol. The molecule has 0 radical (unpaired) electrons. The third kappa shape index (κ3) is 7.75. The van der Waals surface area contributed by atoms with Gasteiger partial charge in [-0.3, -0.25) is 24.5 Å². The van der Waals surface area contributed by atoms with Crippen molar-refractivity contribution in [3.05, 3.63) is 23.3 Å². The topological polar surface area (TPSA) is 112 Å². The lowest BCUT2D eigenvalue weighted by Gasteiger charge is -2.43. The van der Waals surface area contributed by atoms with Gasteiger partial charge >= 0.3 is 0 Å². The van der Waals surface area contributed by atoms with Crippen LogP contribution in [0.25, 0.3) is 0 Å². The summed E-state index contributed by atoms with van der Waals surface area (Å²) < 4.78 is 11.0. The highest BCUT2D eigenvalue weighted by Gasteiger charge is 2.39. The molecule has 0 unspecified atom stereocenters. The highest BCUT2D eigenvalue weighted by molar-refractivity contribution is 5.89. The largest absolute Gasteiger partial charge is 0.493 e. The molecule has 2 N–H and O–H groups in total. The fourth-order valence-corrected chi connectivity index (χ4v) is 6.94. The van der Waals surface area contributed by atoms with Gasteiger partial charge in [-0.1, -0.05) is 46.5 Å². The average molecular weight is 587 g/mol. The van der Waals surface area contributed by atoms with Gasteiger partial charge in [0.15, 0.2) is 11.5 Å². The number of nitrogens with one attached hydrogen (secondary N) is 1. The number of amides is 3. The Morgan fingerprint density at radius 2 is 1.67 bits per heavy atom. The van der Waals surface area contributed by atoms with Gasteiger partial charge in [-0.2, -0.15) is 0 Å². The Hall–Kier alpha value is -2.85. The average Bonchev–Trinajstić information content (AvgIpc) is 3.50. The van der Waals surface area contributed by atoms with Gasteiger partial charge in [0, 0.05) is 32.2 Å². The molecule has 10 heteroatoms. The van der Waals surface area contributed by atoms with E-state index in [1.54, 1.807) is 14.2 Å². The monoisotopic (exact) mass is 586 g/mol. The van der Waals surface area contributed by atoms with E-state index in [1.165, 1.54) is 11.1 Å². The van der Waals surface area contributed by atoms with Gasteiger partial charge in [-0.25, -0.2) is 5.06 Å². The van der Waals surface area contributed by atoms with Crippen LogP contribution >= 0.6 is 0 Å². The summed E-state index contributed by atoms with van der Waals surface area (Å²) in [5.41, 5.74) is 2.06. The van der Waals surface area contributed by atoms with Crippen molar-refractivity contribution in [2.75, 3.05) is 40.4 Å². The van der Waals surface area contributed by atoms with Gasteiger partial charge in [-0.05, 0) is 60.3 Å². The molecule has 0 bridgehead atoms. The van der Waals surface area contributed by atoms with Gasteiger partial charge in [0.1, 0.15) is 6.04 Å². The molecular formula is C32H50N4O6. The van der Waals surface area contributed by atoms with Crippen LogP contribution < -0.4 is 14.8 Å². The first-order valence-corrected chi connectivity index (χ1v) is 15.5. The molecule has 1 aromatic rings. The number of hydrogen-bond donors (Lipinski definition) is 2. The van der Waals surface area contributed by atoms with Crippen LogP contribution in [0.15, 0.2) is 12.1 Å². The Bertz CT molecular complexity index is 1090. The maximum absolute atomic E-state index is 13.9. The molecule has 1 saturated heterocycles. The summed E-state index contributed by atoms with van der Waals surface area (Å²) in [7, 11) is 3.32. The van der Waals surface area contributed by atoms with E-state index in [0.717, 1.165) is 69.5 Å². The Morgan fingerprint density at radius 3 is 2.24 bits per heavy atom. The number of carbonyl (C=O) groups excluding carboxylic acids is 3. The number of fused-ring (bicyclic) bond motifs is 1. The van der Waals surface area contributed by atoms with Crippen molar-refractivity contribution >= 4 is 18.2 Å². The molecule has 0 aromatic heterocycles. The van der Waals surface area contributed by atoms with E-state index in [2.05, 4.69) is 22.3 Å². The molecule has 2 heterocycles. The van der Waals surface area contributed by atoms with Crippen LogP contribution in [-0.4, -0.2) is 90.8 Å². The van der Waals surface area contributed by atoms with Gasteiger partial charge < -0.3 is 19.7 Å². The van der Waals surface area contributed by atoms with E-state index < -0.39 is 17.4 Å². The molecular weight excluding hydrogens is 536 g/mol. The van der Waals surface area contributed by atoms with Crippen LogP contribution in [0.3, 0.4) is 0 Å². The molecule has 0 spiro atoms. The van der Waals surface area contributed by atoms with Crippen molar-refractivity contribution in [3.8, 4) is 11.5 Å². The van der Waals surface area contributed by atoms with Crippen LogP contribution in [0.5, 0.6) is 11.5 Å². The molecule has 1 saturated carbocycles. The molecule has 4 rings (SSSR count). The molecule has 1 aromatic carbocycles. The molecule has 3 amide bonds. The standard InChI is InChI=1S/C32H50N4O6/c1-32(2,3)29(33-30(38)25(20-36(40)21-37)16-22-8-6-7-9-22)31(39)34-14-11-26(12-15-34)35-13-10-23-17-27(41-4)28(42-5)18-24(23)19-35/h17-18,21-22,25-26,29,40H,6-16,19-20H2,1-5H3,(H,33,38)/t25-,29-/m1/s1. The van der Waals surface area contributed by atoms with Crippen LogP contribution in [0.2, 0.25) is 0 Å². The summed E-state index contributed by atoms with van der Waals surface area (Å²) in [5, 5.41) is 13.5. The number of benzene rings is 1. The lowest BCUT2D eigenvalue weighted by molar-refractivity contribution is -0.156. The normalized spacial score (nSPS) is 20.0. The highest BCUT2D eigenvalue weighted by Crippen LogP contribution is 2.35. The molecule has 3 aliphatic rings. The maximum Gasteiger partial charge on any atom is 0.245 e. The number of hydroxylamine groups is 2. The van der Waals surface area contributed by atoms with Crippen LogP contribution in [0, 0.1) is 17.3 Å². The molecule has 1 aliphatic carbocycles. The maximum atomic E-state index is 13.9. The molecule has 42 heavy (non-hydrogen) atoms. The van der Waals surface area contributed by atoms with Crippen molar-refractivity contribution < 1.29 is 29.1 Å². The second kappa shape index (κ2) is 14.1. The number of methoxy groups -OCH3 is 2. The first-order valence-electron chi connectivity index (χ1n) is 15.5. The number of piperidine rings is 1. The second-order valence-corrected chi connectivity index (χ2v) is 13.4. The first kappa shape index (κ1) is 32.1. The second-order valence-electron chi connectivity index (χ2n) is 13.4. The third-order valence-corrected chi connectivity index (χ3v) is 9.43. The summed E-state index contributed by atoms with van der Waals surface area (Å²) in [6, 6.07) is 3.86. The van der Waals surface area contributed by atoms with Crippen LogP contribution in [0.4, 0.5) is 0 Å². The zero-order valence-corrected chi connectivity index (χ0v) is 26.1. The minimum absolute atomic E-state index is 0.0639. The minimum atomic E-state index is -0.694. The molecule has 2 fully saturated rings. The van der Waals surface area contributed by atoms with Gasteiger partial charge in [0.05, 0.1) is 26.7 Å². The fraction of sp³-hybridized carbons (Fsp3) is 0.719. The lowest BCUT2D eigenvalue weighted by Crippen LogP contribution is -2.58. The number of likely N-dealkylation sites (tertiary alicyclic amines) is 1. The van der Waals surface area contributed by atoms with Crippen molar-refractivity contribution in [1.29, 1.82) is 0 Å². The lowest BCUT2D eigenvalue weighted by atomic mass is 9.84. The zero-order valence-electron chi connectivity index (χ0n) is 26.1. The third-order valence-electron chi connectivity index (χ3n) is 9.43. The van der Waals surface area contributed by atoms with Crippen molar-refractivity contribution in [1.82, 2.24) is 20.2 Å². The van der Waals surface area contributed by atoms with E-state index in [0.29, 0.717) is 42.9 Å². The Balaban J connectivity index is 1.37. The number of nitrogens with zero attached hydrogens (tertiary/aromatic N) is 3. The summed E-state index contributed by atoms with van der Waals surface area (Å²) in [6.07, 6.45) is 8.02. The van der Waals surface area contributed by atoms with Gasteiger partial charge in [0.2, 0.25) is 18.2 Å². The van der Waals surface area contributed by atoms with E-state index in [1.807, 2.05) is 25.7 Å². The summed E-state index contributed by atoms with van der Waals surface area (Å²) >= 11 is 0. The zero-order chi connectivity index (χ0) is 30.4. The quantitative estimate of drug-likeness (QED) is 0.231. The van der Waals surface area contributed by atoms with Crippen molar-refractivity contribution in [2.45, 2.75) is 90.8 Å². The van der Waals surface area contributed by atoms with Gasteiger partial charge in [-0.15, -0.1) is 0 Å². The van der Waals surface area contributed by atoms with E-state index in [4.69, 9.17) is 9.47 Å². The van der Waals surface area contributed by atoms with E-state index in [-0.39, 0.29) is 18.4 Å². The van der Waals surface area contributed by atoms with Crippen molar-refractivity contribution in [2.24, 2.45) is 17.3 Å². The summed E-state index contributed by atoms with van der Waals surface area (Å²) in [4.78, 5) is 42.9. The fourth-order valence-electron chi connectivity index (χ4n) is 6.94. The molecule has 2 atom stereocenters. The summed E-state index contributed by atoms with van der Waals surface area (Å²) in [5.74, 6) is 1.01. The Labute approximate surface area is 250 Å².